The highest BCUT2D eigenvalue weighted by atomic mass is 15.3. The van der Waals surface area contributed by atoms with Gasteiger partial charge >= 0.3 is 0 Å². The number of benzene rings is 3. The van der Waals surface area contributed by atoms with Crippen molar-refractivity contribution in [2.45, 2.75) is 260 Å². The zero-order valence-electron chi connectivity index (χ0n) is 63.1. The minimum absolute atomic E-state index is 0. The molecule has 3 heterocycles. The Labute approximate surface area is 560 Å². The Kier molecular flexibility index (Phi) is 54.4. The van der Waals surface area contributed by atoms with Gasteiger partial charge in [-0.2, -0.15) is 0 Å². The summed E-state index contributed by atoms with van der Waals surface area (Å²) in [7, 11) is 14.9. The van der Waals surface area contributed by atoms with Gasteiger partial charge in [-0.25, -0.2) is 0 Å². The van der Waals surface area contributed by atoms with Crippen LogP contribution in [0.2, 0.25) is 0 Å². The molecule has 2 unspecified atom stereocenters. The smallest absolute Gasteiger partial charge is 0.0784 e. The van der Waals surface area contributed by atoms with Crippen LogP contribution in [0.25, 0.3) is 0 Å². The molecule has 3 aliphatic heterocycles. The number of hydrogen-bond donors (Lipinski definition) is 0. The standard InChI is InChI=1S/C15H23N.C12H19N.C12H25N.C11H17N.C11H23N.C11H26N.C8H19N.2CH4/c1-13(2)15-8-6-14(7-9-15)12-16-10-4-3-5-11-16;1-10(2)12-7-5-11(6-8-12)9-13(3)4;1-11(2)12(3)7-10-13-8-5-4-6-9-13;1-9(2)10-5-7-11(8-6-10)12(3)4;1-11(2)7-6-10-12-8-4-3-5-9-12;1-6-12(5,7-2)10-8-9-11(3)4;1-7(2)8(3)6-9(4)5;;/h6-9,13H,3-5,10-12H2,1-2H3;5-8,10H,9H2,1-4H3;11-12H,4-10H2,1-3H3;5-9H,1-4H3;11H,3-10H2,1-2H3;11H,6-10H2,1-5H3;7-8H,6H2,1-5H3;2*1H4/q;;;;;+1;;;. The highest BCUT2D eigenvalue weighted by Crippen LogP contribution is 2.21. The molecule has 3 fully saturated rings. The van der Waals surface area contributed by atoms with Crippen molar-refractivity contribution in [2.24, 2.45) is 35.5 Å². The van der Waals surface area contributed by atoms with Crippen molar-refractivity contribution >= 4 is 5.69 Å². The summed E-state index contributed by atoms with van der Waals surface area (Å²) >= 11 is 0. The van der Waals surface area contributed by atoms with Gasteiger partial charge in [-0.15, -0.1) is 0 Å². The molecule has 3 aromatic carbocycles. The second-order valence-electron chi connectivity index (χ2n) is 30.4. The molecule has 0 N–H and O–H groups in total. The molecule has 2 atom stereocenters. The summed E-state index contributed by atoms with van der Waals surface area (Å²) < 4.78 is 1.24. The zero-order valence-corrected chi connectivity index (χ0v) is 63.1. The largest absolute Gasteiger partial charge is 0.378 e. The first-order chi connectivity index (χ1) is 41.0. The summed E-state index contributed by atoms with van der Waals surface area (Å²) in [6.45, 7) is 59.0. The average molecular weight is 1240 g/mol. The van der Waals surface area contributed by atoms with Crippen LogP contribution in [0.5, 0.6) is 0 Å². The van der Waals surface area contributed by atoms with E-state index in [1.54, 1.807) is 0 Å². The minimum atomic E-state index is 0. The molecule has 0 aromatic heterocycles. The fourth-order valence-corrected chi connectivity index (χ4v) is 10.9. The van der Waals surface area contributed by atoms with Crippen molar-refractivity contribution in [1.82, 2.24) is 24.5 Å². The molecule has 522 valence electrons. The fourth-order valence-electron chi connectivity index (χ4n) is 10.9. The van der Waals surface area contributed by atoms with Gasteiger partial charge in [0, 0.05) is 39.4 Å². The van der Waals surface area contributed by atoms with E-state index in [0.717, 1.165) is 48.6 Å². The molecule has 3 saturated heterocycles. The molecule has 7 nitrogen and oxygen atoms in total. The number of likely N-dealkylation sites (tertiary alicyclic amines) is 3. The number of hydrogen-bond acceptors (Lipinski definition) is 6. The molecule has 0 saturated carbocycles. The van der Waals surface area contributed by atoms with Crippen LogP contribution in [-0.2, 0) is 13.1 Å². The Balaban J connectivity index is -0.000000971. The van der Waals surface area contributed by atoms with Crippen molar-refractivity contribution in [2.75, 3.05) is 133 Å². The van der Waals surface area contributed by atoms with E-state index in [4.69, 9.17) is 0 Å². The van der Waals surface area contributed by atoms with Crippen LogP contribution in [0.4, 0.5) is 5.69 Å². The lowest BCUT2D eigenvalue weighted by Gasteiger charge is -2.32. The number of nitrogens with zero attached hydrogens (tertiary/aromatic N) is 7. The summed E-state index contributed by atoms with van der Waals surface area (Å²) in [6.07, 6.45) is 19.8. The van der Waals surface area contributed by atoms with Gasteiger partial charge in [0.2, 0.25) is 0 Å². The van der Waals surface area contributed by atoms with Crippen molar-refractivity contribution < 1.29 is 4.48 Å². The van der Waals surface area contributed by atoms with Crippen molar-refractivity contribution in [3.63, 3.8) is 0 Å². The second-order valence-corrected chi connectivity index (χ2v) is 30.4. The quantitative estimate of drug-likeness (QED) is 0.0782. The van der Waals surface area contributed by atoms with Crippen molar-refractivity contribution in [3.8, 4) is 0 Å². The molecule has 0 aliphatic carbocycles. The highest BCUT2D eigenvalue weighted by Gasteiger charge is 2.17. The van der Waals surface area contributed by atoms with E-state index in [1.807, 2.05) is 0 Å². The maximum absolute atomic E-state index is 2.64. The predicted octanol–water partition coefficient (Wildman–Crippen LogP) is 21.6. The highest BCUT2D eigenvalue weighted by molar-refractivity contribution is 5.46. The molecular formula is C82H160N7+. The van der Waals surface area contributed by atoms with Gasteiger partial charge in [0.15, 0.2) is 0 Å². The lowest BCUT2D eigenvalue weighted by Crippen LogP contribution is -2.44. The van der Waals surface area contributed by atoms with E-state index in [1.165, 1.54) is 206 Å². The molecule has 0 spiro atoms. The summed E-state index contributed by atoms with van der Waals surface area (Å²) in [5.74, 6) is 7.03. The first kappa shape index (κ1) is 90.4. The Hall–Kier alpha value is -2.78. The van der Waals surface area contributed by atoms with Gasteiger partial charge in [-0.3, -0.25) is 4.90 Å². The Bertz CT molecular complexity index is 1930. The van der Waals surface area contributed by atoms with Crippen LogP contribution >= 0.6 is 0 Å². The number of rotatable bonds is 25. The molecular weight excluding hydrogens is 1080 g/mol. The van der Waals surface area contributed by atoms with E-state index in [2.05, 4.69) is 276 Å². The molecule has 7 heteroatoms. The molecule has 6 rings (SSSR count). The zero-order chi connectivity index (χ0) is 65.9. The van der Waals surface area contributed by atoms with Crippen LogP contribution in [0.1, 0.15) is 275 Å². The van der Waals surface area contributed by atoms with Gasteiger partial charge in [0.25, 0.3) is 0 Å². The number of quaternary nitrogens is 1. The van der Waals surface area contributed by atoms with Gasteiger partial charge in [-0.1, -0.05) is 206 Å². The van der Waals surface area contributed by atoms with Crippen LogP contribution in [0.3, 0.4) is 0 Å². The fraction of sp³-hybridized carbons (Fsp3) is 0.780. The third-order valence-corrected chi connectivity index (χ3v) is 18.7. The Morgan fingerprint density at radius 1 is 0.404 bits per heavy atom. The third-order valence-electron chi connectivity index (χ3n) is 18.7. The third kappa shape index (κ3) is 47.7. The monoisotopic (exact) mass is 1240 g/mol. The predicted molar refractivity (Wildman–Crippen MR) is 408 cm³/mol. The average Bonchev–Trinajstić information content (AvgIpc) is 3.66. The normalized spacial score (nSPS) is 15.4. The molecule has 3 aliphatic rings. The molecule has 0 amide bonds. The summed E-state index contributed by atoms with van der Waals surface area (Å²) in [5.41, 5.74) is 8.38. The van der Waals surface area contributed by atoms with Crippen molar-refractivity contribution in [3.05, 3.63) is 101 Å². The number of piperidine rings is 3. The molecule has 0 bridgehead atoms. The summed E-state index contributed by atoms with van der Waals surface area (Å²) in [6, 6.07) is 26.8. The first-order valence-electron chi connectivity index (χ1n) is 36.3. The summed E-state index contributed by atoms with van der Waals surface area (Å²) in [5, 5.41) is 0. The van der Waals surface area contributed by atoms with Gasteiger partial charge < -0.3 is 29.0 Å². The summed E-state index contributed by atoms with van der Waals surface area (Å²) in [4.78, 5) is 14.4. The Morgan fingerprint density at radius 3 is 1.09 bits per heavy atom. The van der Waals surface area contributed by atoms with Gasteiger partial charge in [-0.05, 0) is 258 Å². The van der Waals surface area contributed by atoms with Gasteiger partial charge in [0.05, 0.1) is 26.7 Å². The van der Waals surface area contributed by atoms with E-state index in [9.17, 15) is 0 Å². The van der Waals surface area contributed by atoms with Crippen LogP contribution in [0.15, 0.2) is 72.8 Å². The first-order valence-corrected chi connectivity index (χ1v) is 36.3. The van der Waals surface area contributed by atoms with E-state index in [0.29, 0.717) is 17.8 Å². The maximum Gasteiger partial charge on any atom is 0.0784 e. The molecule has 0 radical (unpaired) electrons. The van der Waals surface area contributed by atoms with E-state index >= 15 is 0 Å². The number of anilines is 1. The van der Waals surface area contributed by atoms with Crippen LogP contribution in [-0.4, -0.2) is 157 Å². The Morgan fingerprint density at radius 2 is 0.764 bits per heavy atom. The second kappa shape index (κ2) is 53.6. The van der Waals surface area contributed by atoms with Crippen LogP contribution < -0.4 is 4.90 Å². The minimum Gasteiger partial charge on any atom is -0.378 e. The van der Waals surface area contributed by atoms with E-state index in [-0.39, 0.29) is 14.9 Å². The van der Waals surface area contributed by atoms with Gasteiger partial charge in [0.1, 0.15) is 0 Å². The topological polar surface area (TPSA) is 19.4 Å². The van der Waals surface area contributed by atoms with Crippen LogP contribution in [0, 0.1) is 35.5 Å². The molecule has 89 heavy (non-hydrogen) atoms. The van der Waals surface area contributed by atoms with Crippen molar-refractivity contribution in [1.29, 1.82) is 0 Å². The lowest BCUT2D eigenvalue weighted by atomic mass is 9.94. The van der Waals surface area contributed by atoms with E-state index < -0.39 is 0 Å². The maximum atomic E-state index is 2.64. The lowest BCUT2D eigenvalue weighted by molar-refractivity contribution is -0.906. The molecule has 3 aromatic rings. The SMILES string of the molecule is C.C.CC(C)C(C)CCN1CCCCC1.CC(C)C(C)CN(C)C.CC(C)CCCN1CCCCC1.CC(C)c1ccc(CN(C)C)cc1.CC(C)c1ccc(CN2CCCCC2)cc1.CC(C)c1ccc(N(C)C)cc1.CC[N+](C)(CC)CCCC(C)C.